The van der Waals surface area contributed by atoms with Crippen LogP contribution in [-0.4, -0.2) is 9.79 Å². The maximum Gasteiger partial charge on any atom is 0.191 e. The Labute approximate surface area is 27.9 Å². The van der Waals surface area contributed by atoms with Crippen LogP contribution in [0.2, 0.25) is 0 Å². The van der Waals surface area contributed by atoms with Gasteiger partial charge in [0.25, 0.3) is 0 Å². The van der Waals surface area contributed by atoms with E-state index in [1.54, 1.807) is 0 Å². The number of hydrogen-bond acceptors (Lipinski definition) is 2. The molecule has 4 heteroatoms. The molecule has 0 aromatic rings. The average Bonchev–Trinajstić information content (AvgIpc) is 0.811. The second-order valence-corrected chi connectivity index (χ2v) is 2.07. The Balaban J connectivity index is 2.32. The Kier molecular flexibility index (Phi) is 2.44. The highest BCUT2D eigenvalue weighted by Crippen LogP contribution is 2.32. The van der Waals surface area contributed by atoms with Gasteiger partial charge in [0.1, 0.15) is 0 Å². The zero-order valence-corrected chi connectivity index (χ0v) is 3.74. The van der Waals surface area contributed by atoms with E-state index in [9.17, 15) is 0 Å². The molecule has 25 valence electrons. The van der Waals surface area contributed by atoms with Gasteiger partial charge in [-0.3, -0.25) is 0 Å². The van der Waals surface area contributed by atoms with Crippen LogP contribution in [0.4, 0.5) is 0 Å². The SMILES string of the molecule is OP(O)[PH]. The van der Waals surface area contributed by atoms with E-state index < -0.39 is 8.06 Å². The minimum Gasteiger partial charge on any atom is -0.347 e. The largest absolute Gasteiger partial charge is 0.347 e. The van der Waals surface area contributed by atoms with Crippen molar-refractivity contribution in [2.45, 2.75) is 0 Å². The molecule has 0 heterocycles. The zero-order chi connectivity index (χ0) is 3.58. The number of hydrogen-bond donors (Lipinski definition) is 2. The quantitative estimate of drug-likeness (QED) is 0.428. The molecule has 0 aromatic carbocycles. The molecule has 4 heavy (non-hydrogen) atoms. The van der Waals surface area contributed by atoms with E-state index >= 15 is 0 Å². The zero-order valence-electron chi connectivity index (χ0n) is 1.84. The van der Waals surface area contributed by atoms with E-state index in [1.807, 2.05) is 0 Å². The third-order valence-corrected chi connectivity index (χ3v) is 0. The molecule has 0 rings (SSSR count). The van der Waals surface area contributed by atoms with Crippen molar-refractivity contribution in [1.29, 1.82) is 0 Å². The Morgan fingerprint density at radius 1 is 1.50 bits per heavy atom. The fourth-order valence-electron chi connectivity index (χ4n) is 0. The van der Waals surface area contributed by atoms with Gasteiger partial charge < -0.3 is 9.79 Å². The maximum atomic E-state index is 7.59. The molecule has 2 nitrogen and oxygen atoms in total. The second kappa shape index (κ2) is 2.04. The summed E-state index contributed by atoms with van der Waals surface area (Å²) in [4.78, 5) is 15.2. The molecule has 2 N–H and O–H groups in total. The van der Waals surface area contributed by atoms with Crippen LogP contribution < -0.4 is 0 Å². The fourth-order valence-corrected chi connectivity index (χ4v) is 0. The van der Waals surface area contributed by atoms with Crippen LogP contribution >= 0.6 is 17.0 Å². The first-order valence-corrected chi connectivity index (χ1v) is 3.21. The minimum atomic E-state index is -1.81. The molecule has 0 aliphatic heterocycles. The average molecular weight is 97.0 g/mol. The fraction of sp³-hybridized carbons (Fsp3) is 0. The summed E-state index contributed by atoms with van der Waals surface area (Å²) in [5, 5.41) is 0. The van der Waals surface area contributed by atoms with Crippen molar-refractivity contribution in [3.05, 3.63) is 0 Å². The second-order valence-electron chi connectivity index (χ2n) is 0.289. The van der Waals surface area contributed by atoms with Crippen molar-refractivity contribution >= 4 is 17.0 Å². The summed E-state index contributed by atoms with van der Waals surface area (Å²) >= 11 is 0. The molecular weight excluding hydrogens is 93.9 g/mol. The highest BCUT2D eigenvalue weighted by atomic mass is 32.0. The highest BCUT2D eigenvalue weighted by Gasteiger charge is 1.73. The molecule has 0 saturated heterocycles. The van der Waals surface area contributed by atoms with Gasteiger partial charge in [-0.05, 0) is 8.93 Å². The van der Waals surface area contributed by atoms with E-state index in [-0.39, 0.29) is 0 Å². The summed E-state index contributed by atoms with van der Waals surface area (Å²) in [7, 11) is 0.673. The molecule has 0 aromatic heterocycles. The van der Waals surface area contributed by atoms with Crippen LogP contribution in [0.3, 0.4) is 0 Å². The monoisotopic (exact) mass is 97.0 g/mol. The normalized spacial score (nSPS) is 9.00. The van der Waals surface area contributed by atoms with Crippen molar-refractivity contribution in [2.75, 3.05) is 0 Å². The lowest BCUT2D eigenvalue weighted by molar-refractivity contribution is 0.505. The third kappa shape index (κ3) is 14.5. The van der Waals surface area contributed by atoms with Crippen LogP contribution in [0.1, 0.15) is 0 Å². The van der Waals surface area contributed by atoms with E-state index in [2.05, 4.69) is 8.93 Å². The summed E-state index contributed by atoms with van der Waals surface area (Å²) in [6.45, 7) is 0. The lowest BCUT2D eigenvalue weighted by atomic mass is 15.9. The lowest BCUT2D eigenvalue weighted by Gasteiger charge is -1.77. The molecule has 1 radical (unpaired) electrons. The molecule has 0 aliphatic carbocycles. The third-order valence-electron chi connectivity index (χ3n) is 0. The first-order valence-electron chi connectivity index (χ1n) is 0.624. The van der Waals surface area contributed by atoms with Gasteiger partial charge in [-0.2, -0.15) is 0 Å². The topological polar surface area (TPSA) is 40.5 Å². The summed E-state index contributed by atoms with van der Waals surface area (Å²) in [5.74, 6) is 0. The molecule has 0 unspecified atom stereocenters. The van der Waals surface area contributed by atoms with Gasteiger partial charge in [0, 0.05) is 0 Å². The first-order chi connectivity index (χ1) is 1.73. The summed E-state index contributed by atoms with van der Waals surface area (Å²) in [5.41, 5.74) is 0. The number of rotatable bonds is 0. The van der Waals surface area contributed by atoms with Crippen molar-refractivity contribution in [3.8, 4) is 0 Å². The lowest BCUT2D eigenvalue weighted by Crippen LogP contribution is -1.39. The van der Waals surface area contributed by atoms with E-state index in [0.717, 1.165) is 0 Å². The van der Waals surface area contributed by atoms with Crippen LogP contribution in [0.5, 0.6) is 0 Å². The predicted octanol–water partition coefficient (Wildman–Crippen LogP) is 0.341. The van der Waals surface area contributed by atoms with Crippen LogP contribution in [0, 0.1) is 0 Å². The van der Waals surface area contributed by atoms with Gasteiger partial charge in [0.2, 0.25) is 0 Å². The minimum absolute atomic E-state index is 1.81. The Morgan fingerprint density at radius 3 is 1.50 bits per heavy atom. The Bertz CT molecular complexity index is 8.75. The van der Waals surface area contributed by atoms with Crippen molar-refractivity contribution in [3.63, 3.8) is 0 Å². The molecular formula is H3O2P2. The van der Waals surface area contributed by atoms with E-state index in [0.29, 0.717) is 0 Å². The van der Waals surface area contributed by atoms with Gasteiger partial charge in [-0.1, -0.05) is 0 Å². The van der Waals surface area contributed by atoms with Gasteiger partial charge in [-0.15, -0.1) is 0 Å². The van der Waals surface area contributed by atoms with Crippen LogP contribution in [-0.2, 0) is 0 Å². The molecule has 0 atom stereocenters. The Morgan fingerprint density at radius 2 is 1.50 bits per heavy atom. The Hall–Kier alpha value is 0.780. The van der Waals surface area contributed by atoms with E-state index in [1.165, 1.54) is 0 Å². The van der Waals surface area contributed by atoms with E-state index in [4.69, 9.17) is 9.79 Å². The molecule has 0 amide bonds. The molecule has 0 aliphatic rings. The van der Waals surface area contributed by atoms with Crippen molar-refractivity contribution < 1.29 is 9.79 Å². The molecule has 0 bridgehead atoms. The molecule has 0 spiro atoms. The molecule has 0 fully saturated rings. The first kappa shape index (κ1) is 4.78. The maximum absolute atomic E-state index is 7.59. The summed E-state index contributed by atoms with van der Waals surface area (Å²) < 4.78 is 0. The van der Waals surface area contributed by atoms with Crippen LogP contribution in [0.15, 0.2) is 0 Å². The van der Waals surface area contributed by atoms with Gasteiger partial charge >= 0.3 is 0 Å². The predicted molar refractivity (Wildman–Crippen MR) is 19.7 cm³/mol. The smallest absolute Gasteiger partial charge is 0.191 e. The van der Waals surface area contributed by atoms with Crippen LogP contribution in [0.25, 0.3) is 0 Å². The van der Waals surface area contributed by atoms with Crippen molar-refractivity contribution in [1.82, 2.24) is 0 Å². The standard InChI is InChI=1S/H3O2P2/c1-4(2)3/h1-3H. The highest BCUT2D eigenvalue weighted by molar-refractivity contribution is 8.07. The molecule has 0 saturated carbocycles. The van der Waals surface area contributed by atoms with Gasteiger partial charge in [0.05, 0.1) is 0 Å². The summed E-state index contributed by atoms with van der Waals surface area (Å²) in [6, 6.07) is 0. The summed E-state index contributed by atoms with van der Waals surface area (Å²) in [6.07, 6.45) is 0. The van der Waals surface area contributed by atoms with Crippen molar-refractivity contribution in [2.24, 2.45) is 0 Å². The van der Waals surface area contributed by atoms with Gasteiger partial charge in [0.15, 0.2) is 8.06 Å². The van der Waals surface area contributed by atoms with Gasteiger partial charge in [-0.25, -0.2) is 0 Å².